The van der Waals surface area contributed by atoms with Crippen molar-refractivity contribution < 1.29 is 4.74 Å². The molecule has 0 unspecified atom stereocenters. The monoisotopic (exact) mass is 254 g/mol. The second-order valence-electron chi connectivity index (χ2n) is 5.00. The number of hydrogen-bond acceptors (Lipinski definition) is 3. The largest absolute Gasteiger partial charge is 0.476 e. The van der Waals surface area contributed by atoms with E-state index in [1.807, 2.05) is 0 Å². The first-order valence-corrected chi connectivity index (χ1v) is 6.65. The van der Waals surface area contributed by atoms with Gasteiger partial charge in [0.25, 0.3) is 0 Å². The molecule has 2 aromatic rings. The van der Waals surface area contributed by atoms with Gasteiger partial charge in [-0.25, -0.2) is 4.98 Å². The third-order valence-electron chi connectivity index (χ3n) is 3.43. The quantitative estimate of drug-likeness (QED) is 0.849. The molecular weight excluding hydrogens is 236 g/mol. The van der Waals surface area contributed by atoms with Crippen molar-refractivity contribution in [2.24, 2.45) is 0 Å². The summed E-state index contributed by atoms with van der Waals surface area (Å²) in [6.07, 6.45) is 0. The molecule has 0 atom stereocenters. The normalized spacial score (nSPS) is 14.4. The van der Waals surface area contributed by atoms with E-state index in [1.165, 1.54) is 16.7 Å². The zero-order valence-corrected chi connectivity index (χ0v) is 11.4. The average Bonchev–Trinajstić information content (AvgIpc) is 2.63. The van der Waals surface area contributed by atoms with Gasteiger partial charge >= 0.3 is 0 Å². The van der Waals surface area contributed by atoms with Crippen molar-refractivity contribution in [2.75, 3.05) is 13.2 Å². The Balaban J connectivity index is 2.03. The van der Waals surface area contributed by atoms with E-state index in [0.717, 1.165) is 30.2 Å². The molecule has 0 fully saturated rings. The van der Waals surface area contributed by atoms with E-state index in [2.05, 4.69) is 54.5 Å². The fourth-order valence-corrected chi connectivity index (χ4v) is 2.42. The van der Waals surface area contributed by atoms with E-state index < -0.39 is 0 Å². The SMILES string of the molecule is Cc1ccc(-c2ccc3c(n2)OCCNC3)c(C)c1. The van der Waals surface area contributed by atoms with Crippen molar-refractivity contribution >= 4 is 0 Å². The minimum atomic E-state index is 0.677. The maximum atomic E-state index is 5.70. The summed E-state index contributed by atoms with van der Waals surface area (Å²) >= 11 is 0. The molecule has 1 aromatic heterocycles. The topological polar surface area (TPSA) is 34.1 Å². The van der Waals surface area contributed by atoms with E-state index in [1.54, 1.807) is 0 Å². The maximum Gasteiger partial charge on any atom is 0.218 e. The zero-order chi connectivity index (χ0) is 13.2. The number of pyridine rings is 1. The molecule has 19 heavy (non-hydrogen) atoms. The van der Waals surface area contributed by atoms with Gasteiger partial charge in [0.05, 0.1) is 5.69 Å². The molecule has 1 aromatic carbocycles. The molecule has 0 bridgehead atoms. The summed E-state index contributed by atoms with van der Waals surface area (Å²) < 4.78 is 5.70. The van der Waals surface area contributed by atoms with Gasteiger partial charge in [-0.1, -0.05) is 29.8 Å². The summed E-state index contributed by atoms with van der Waals surface area (Å²) in [6, 6.07) is 10.6. The highest BCUT2D eigenvalue weighted by Gasteiger charge is 2.12. The summed E-state index contributed by atoms with van der Waals surface area (Å²) in [5.74, 6) is 0.766. The summed E-state index contributed by atoms with van der Waals surface area (Å²) in [5, 5.41) is 3.32. The Morgan fingerprint density at radius 1 is 1.16 bits per heavy atom. The van der Waals surface area contributed by atoms with E-state index in [0.29, 0.717) is 6.61 Å². The highest BCUT2D eigenvalue weighted by Crippen LogP contribution is 2.27. The van der Waals surface area contributed by atoms with Gasteiger partial charge in [0.15, 0.2) is 0 Å². The lowest BCUT2D eigenvalue weighted by Crippen LogP contribution is -2.16. The molecule has 0 saturated carbocycles. The van der Waals surface area contributed by atoms with Crippen LogP contribution in [0.5, 0.6) is 5.88 Å². The fraction of sp³-hybridized carbons (Fsp3) is 0.312. The van der Waals surface area contributed by atoms with Crippen molar-refractivity contribution in [2.45, 2.75) is 20.4 Å². The minimum absolute atomic E-state index is 0.677. The Morgan fingerprint density at radius 3 is 2.89 bits per heavy atom. The molecule has 1 N–H and O–H groups in total. The van der Waals surface area contributed by atoms with Crippen LogP contribution in [0, 0.1) is 13.8 Å². The number of aryl methyl sites for hydroxylation is 2. The fourth-order valence-electron chi connectivity index (χ4n) is 2.42. The van der Waals surface area contributed by atoms with E-state index >= 15 is 0 Å². The molecule has 98 valence electrons. The van der Waals surface area contributed by atoms with Crippen LogP contribution in [0.2, 0.25) is 0 Å². The Morgan fingerprint density at radius 2 is 2.05 bits per heavy atom. The number of nitrogens with one attached hydrogen (secondary N) is 1. The van der Waals surface area contributed by atoms with Gasteiger partial charge in [-0.05, 0) is 25.5 Å². The summed E-state index contributed by atoms with van der Waals surface area (Å²) in [7, 11) is 0. The first-order valence-electron chi connectivity index (χ1n) is 6.65. The second kappa shape index (κ2) is 5.02. The third kappa shape index (κ3) is 2.47. The molecular formula is C16H18N2O. The Hall–Kier alpha value is -1.87. The zero-order valence-electron chi connectivity index (χ0n) is 11.4. The van der Waals surface area contributed by atoms with Gasteiger partial charge in [-0.3, -0.25) is 0 Å². The van der Waals surface area contributed by atoms with Gasteiger partial charge in [0.2, 0.25) is 5.88 Å². The predicted molar refractivity (Wildman–Crippen MR) is 76.3 cm³/mol. The highest BCUT2D eigenvalue weighted by molar-refractivity contribution is 5.64. The first kappa shape index (κ1) is 12.2. The van der Waals surface area contributed by atoms with Crippen LogP contribution in [0.4, 0.5) is 0 Å². The van der Waals surface area contributed by atoms with E-state index in [-0.39, 0.29) is 0 Å². The van der Waals surface area contributed by atoms with Gasteiger partial charge in [0.1, 0.15) is 6.61 Å². The van der Waals surface area contributed by atoms with Crippen molar-refractivity contribution in [1.82, 2.24) is 10.3 Å². The van der Waals surface area contributed by atoms with Crippen molar-refractivity contribution in [3.8, 4) is 17.1 Å². The Kier molecular flexibility index (Phi) is 3.22. The molecule has 0 spiro atoms. The number of rotatable bonds is 1. The lowest BCUT2D eigenvalue weighted by Gasteiger charge is -2.10. The Labute approximate surface area is 113 Å². The standard InChI is InChI=1S/C16H18N2O/c1-11-3-5-14(12(2)9-11)15-6-4-13-10-17-7-8-19-16(13)18-15/h3-6,9,17H,7-8,10H2,1-2H3. The number of fused-ring (bicyclic) bond motifs is 1. The van der Waals surface area contributed by atoms with Crippen molar-refractivity contribution in [1.29, 1.82) is 0 Å². The molecule has 1 aliphatic heterocycles. The molecule has 3 rings (SSSR count). The molecule has 0 radical (unpaired) electrons. The number of nitrogens with zero attached hydrogens (tertiary/aromatic N) is 1. The van der Waals surface area contributed by atoms with Crippen LogP contribution in [-0.4, -0.2) is 18.1 Å². The first-order chi connectivity index (χ1) is 9.24. The number of hydrogen-bond donors (Lipinski definition) is 1. The maximum absolute atomic E-state index is 5.70. The molecule has 1 aliphatic rings. The molecule has 0 amide bonds. The van der Waals surface area contributed by atoms with Crippen LogP contribution in [0.25, 0.3) is 11.3 Å². The second-order valence-corrected chi connectivity index (χ2v) is 5.00. The molecule has 2 heterocycles. The van der Waals surface area contributed by atoms with Crippen LogP contribution in [0.1, 0.15) is 16.7 Å². The number of aromatic nitrogens is 1. The summed E-state index contributed by atoms with van der Waals surface area (Å²) in [6.45, 7) is 6.61. The highest BCUT2D eigenvalue weighted by atomic mass is 16.5. The third-order valence-corrected chi connectivity index (χ3v) is 3.43. The minimum Gasteiger partial charge on any atom is -0.476 e. The summed E-state index contributed by atoms with van der Waals surface area (Å²) in [4.78, 5) is 4.67. The van der Waals surface area contributed by atoms with Gasteiger partial charge in [-0.15, -0.1) is 0 Å². The van der Waals surface area contributed by atoms with Crippen LogP contribution >= 0.6 is 0 Å². The lowest BCUT2D eigenvalue weighted by atomic mass is 10.0. The van der Waals surface area contributed by atoms with Crippen molar-refractivity contribution in [3.63, 3.8) is 0 Å². The van der Waals surface area contributed by atoms with E-state index in [9.17, 15) is 0 Å². The van der Waals surface area contributed by atoms with Gasteiger partial charge in [-0.2, -0.15) is 0 Å². The van der Waals surface area contributed by atoms with Crippen molar-refractivity contribution in [3.05, 3.63) is 47.0 Å². The average molecular weight is 254 g/mol. The molecule has 0 saturated heterocycles. The lowest BCUT2D eigenvalue weighted by molar-refractivity contribution is 0.314. The van der Waals surface area contributed by atoms with Gasteiger partial charge < -0.3 is 10.1 Å². The molecule has 0 aliphatic carbocycles. The van der Waals surface area contributed by atoms with Gasteiger partial charge in [0, 0.05) is 24.2 Å². The Bertz CT molecular complexity index is 608. The van der Waals surface area contributed by atoms with Crippen LogP contribution in [-0.2, 0) is 6.54 Å². The van der Waals surface area contributed by atoms with Crippen LogP contribution < -0.4 is 10.1 Å². The number of ether oxygens (including phenoxy) is 1. The predicted octanol–water partition coefficient (Wildman–Crippen LogP) is 2.85. The van der Waals surface area contributed by atoms with E-state index in [4.69, 9.17) is 4.74 Å². The number of benzene rings is 1. The van der Waals surface area contributed by atoms with Crippen LogP contribution in [0.15, 0.2) is 30.3 Å². The smallest absolute Gasteiger partial charge is 0.218 e. The molecule has 3 nitrogen and oxygen atoms in total. The molecule has 3 heteroatoms. The summed E-state index contributed by atoms with van der Waals surface area (Å²) in [5.41, 5.74) is 5.81. The van der Waals surface area contributed by atoms with Crippen LogP contribution in [0.3, 0.4) is 0 Å².